The fourth-order valence-corrected chi connectivity index (χ4v) is 4.96. The van der Waals surface area contributed by atoms with E-state index in [1.807, 2.05) is 18.2 Å². The van der Waals surface area contributed by atoms with E-state index >= 15 is 0 Å². The maximum atomic E-state index is 12.1. The van der Waals surface area contributed by atoms with Crippen LogP contribution in [0.4, 0.5) is 5.82 Å². The van der Waals surface area contributed by atoms with Gasteiger partial charge in [-0.2, -0.15) is 4.98 Å². The third-order valence-corrected chi connectivity index (χ3v) is 6.82. The minimum Gasteiger partial charge on any atom is -0.474 e. The second kappa shape index (κ2) is 9.06. The molecular formula is C23H30N4O4. The first-order valence-corrected chi connectivity index (χ1v) is 11.3. The lowest BCUT2D eigenvalue weighted by Gasteiger charge is -2.45. The van der Waals surface area contributed by atoms with Crippen LogP contribution in [0.25, 0.3) is 10.9 Å². The molecule has 3 aliphatic rings. The van der Waals surface area contributed by atoms with Crippen molar-refractivity contribution < 1.29 is 19.0 Å². The van der Waals surface area contributed by atoms with Crippen LogP contribution in [0.2, 0.25) is 0 Å². The zero-order valence-corrected chi connectivity index (χ0v) is 17.9. The number of hydrogen-bond donors (Lipinski definition) is 0. The molecule has 8 nitrogen and oxygen atoms in total. The predicted molar refractivity (Wildman–Crippen MR) is 117 cm³/mol. The number of rotatable bonds is 5. The van der Waals surface area contributed by atoms with Crippen LogP contribution in [0.3, 0.4) is 0 Å². The molecule has 0 radical (unpaired) electrons. The van der Waals surface area contributed by atoms with E-state index < -0.39 is 0 Å². The molecule has 0 atom stereocenters. The lowest BCUT2D eigenvalue weighted by atomic mass is 9.79. The van der Waals surface area contributed by atoms with E-state index in [1.165, 1.54) is 0 Å². The molecule has 8 heteroatoms. The minimum atomic E-state index is -0.379. The fraction of sp³-hybridized carbons (Fsp3) is 0.609. The number of fused-ring (bicyclic) bond motifs is 1. The molecule has 0 aromatic carbocycles. The monoisotopic (exact) mass is 426 g/mol. The minimum absolute atomic E-state index is 0.0463. The van der Waals surface area contributed by atoms with Crippen molar-refractivity contribution in [3.8, 4) is 5.88 Å². The summed E-state index contributed by atoms with van der Waals surface area (Å²) in [4.78, 5) is 26.0. The summed E-state index contributed by atoms with van der Waals surface area (Å²) in [6.45, 7) is 6.09. The average molecular weight is 427 g/mol. The van der Waals surface area contributed by atoms with Crippen molar-refractivity contribution in [2.75, 3.05) is 57.5 Å². The number of aldehydes is 1. The average Bonchev–Trinajstić information content (AvgIpc) is 2.86. The molecular weight excluding hydrogens is 396 g/mol. The van der Waals surface area contributed by atoms with Gasteiger partial charge in [0, 0.05) is 38.4 Å². The van der Waals surface area contributed by atoms with Gasteiger partial charge in [-0.3, -0.25) is 9.88 Å². The molecule has 1 aliphatic carbocycles. The van der Waals surface area contributed by atoms with Crippen LogP contribution in [0.15, 0.2) is 24.4 Å². The van der Waals surface area contributed by atoms with Crippen LogP contribution in [0.5, 0.6) is 5.88 Å². The van der Waals surface area contributed by atoms with Crippen LogP contribution in [0.1, 0.15) is 25.7 Å². The Balaban J connectivity index is 1.34. The SMILES string of the molecule is O=CC1(N2CCOCC2)CCC(Oc2nc(N3CCOCC3)cc3ncccc23)CC1. The number of carbonyl (C=O) groups is 1. The van der Waals surface area contributed by atoms with Crippen LogP contribution >= 0.6 is 0 Å². The molecule has 31 heavy (non-hydrogen) atoms. The Morgan fingerprint density at radius 1 is 1.06 bits per heavy atom. The van der Waals surface area contributed by atoms with Gasteiger partial charge in [0.05, 0.1) is 42.9 Å². The smallest absolute Gasteiger partial charge is 0.225 e. The van der Waals surface area contributed by atoms with Gasteiger partial charge in [-0.1, -0.05) is 0 Å². The van der Waals surface area contributed by atoms with Gasteiger partial charge in [0.1, 0.15) is 18.2 Å². The number of hydrogen-bond acceptors (Lipinski definition) is 8. The van der Waals surface area contributed by atoms with Crippen molar-refractivity contribution in [1.82, 2.24) is 14.9 Å². The molecule has 2 aromatic heterocycles. The maximum absolute atomic E-state index is 12.1. The van der Waals surface area contributed by atoms with Crippen LogP contribution in [0, 0.1) is 0 Å². The lowest BCUT2D eigenvalue weighted by molar-refractivity contribution is -0.126. The number of nitrogens with zero attached hydrogens (tertiary/aromatic N) is 4. The highest BCUT2D eigenvalue weighted by atomic mass is 16.5. The van der Waals surface area contributed by atoms with Gasteiger partial charge in [0.15, 0.2) is 0 Å². The standard InChI is InChI=1S/C23H30N4O4/c28-17-23(27-10-14-30-15-11-27)5-3-18(4-6-23)31-22-19-2-1-7-24-20(19)16-21(25-22)26-8-12-29-13-9-26/h1-2,7,16-18H,3-6,8-15H2. The third-order valence-electron chi connectivity index (χ3n) is 6.82. The molecule has 0 unspecified atom stereocenters. The van der Waals surface area contributed by atoms with Gasteiger partial charge in [-0.25, -0.2) is 0 Å². The predicted octanol–water partition coefficient (Wildman–Crippen LogP) is 2.06. The summed E-state index contributed by atoms with van der Waals surface area (Å²) in [7, 11) is 0. The topological polar surface area (TPSA) is 77.0 Å². The first-order valence-electron chi connectivity index (χ1n) is 11.3. The second-order valence-electron chi connectivity index (χ2n) is 8.59. The molecule has 0 N–H and O–H groups in total. The van der Waals surface area contributed by atoms with Gasteiger partial charge in [-0.05, 0) is 37.8 Å². The first kappa shape index (κ1) is 20.6. The number of pyridine rings is 2. The van der Waals surface area contributed by atoms with E-state index in [0.717, 1.165) is 74.9 Å². The molecule has 1 saturated carbocycles. The van der Waals surface area contributed by atoms with Crippen LogP contribution < -0.4 is 9.64 Å². The maximum Gasteiger partial charge on any atom is 0.225 e. The van der Waals surface area contributed by atoms with E-state index in [-0.39, 0.29) is 11.6 Å². The normalized spacial score (nSPS) is 27.9. The fourth-order valence-electron chi connectivity index (χ4n) is 4.96. The second-order valence-corrected chi connectivity index (χ2v) is 8.59. The zero-order valence-electron chi connectivity index (χ0n) is 17.9. The molecule has 166 valence electrons. The van der Waals surface area contributed by atoms with E-state index in [1.54, 1.807) is 6.20 Å². The molecule has 0 bridgehead atoms. The quantitative estimate of drug-likeness (QED) is 0.673. The number of morpholine rings is 2. The number of carbonyl (C=O) groups excluding carboxylic acids is 1. The summed E-state index contributed by atoms with van der Waals surface area (Å²) >= 11 is 0. The van der Waals surface area contributed by atoms with Gasteiger partial charge >= 0.3 is 0 Å². The van der Waals surface area contributed by atoms with Gasteiger partial charge in [-0.15, -0.1) is 0 Å². The molecule has 2 aromatic rings. The molecule has 2 aliphatic heterocycles. The summed E-state index contributed by atoms with van der Waals surface area (Å²) in [5.74, 6) is 1.53. The van der Waals surface area contributed by atoms with Crippen molar-refractivity contribution in [2.45, 2.75) is 37.3 Å². The summed E-state index contributed by atoms with van der Waals surface area (Å²) in [5.41, 5.74) is 0.511. The Labute approximate surface area is 182 Å². The van der Waals surface area contributed by atoms with Crippen molar-refractivity contribution in [2.24, 2.45) is 0 Å². The van der Waals surface area contributed by atoms with Crippen molar-refractivity contribution in [1.29, 1.82) is 0 Å². The highest BCUT2D eigenvalue weighted by molar-refractivity contribution is 5.85. The molecule has 4 heterocycles. The number of aromatic nitrogens is 2. The number of anilines is 1. The Kier molecular flexibility index (Phi) is 6.02. The van der Waals surface area contributed by atoms with E-state index in [9.17, 15) is 4.79 Å². The number of ether oxygens (including phenoxy) is 3. The highest BCUT2D eigenvalue weighted by Crippen LogP contribution is 2.36. The van der Waals surface area contributed by atoms with E-state index in [4.69, 9.17) is 19.2 Å². The third kappa shape index (κ3) is 4.24. The van der Waals surface area contributed by atoms with Crippen molar-refractivity contribution in [3.63, 3.8) is 0 Å². The summed E-state index contributed by atoms with van der Waals surface area (Å²) in [6.07, 6.45) is 6.29. The first-order chi connectivity index (χ1) is 15.3. The van der Waals surface area contributed by atoms with Gasteiger partial charge in [0.2, 0.25) is 5.88 Å². The lowest BCUT2D eigenvalue weighted by Crippen LogP contribution is -2.57. The Bertz CT molecular complexity index is 904. The van der Waals surface area contributed by atoms with Gasteiger partial charge < -0.3 is 23.9 Å². The Morgan fingerprint density at radius 3 is 2.48 bits per heavy atom. The molecule has 0 spiro atoms. The molecule has 3 fully saturated rings. The Morgan fingerprint density at radius 2 is 1.77 bits per heavy atom. The van der Waals surface area contributed by atoms with E-state index in [2.05, 4.69) is 14.8 Å². The van der Waals surface area contributed by atoms with Gasteiger partial charge in [0.25, 0.3) is 0 Å². The zero-order chi connectivity index (χ0) is 21.1. The van der Waals surface area contributed by atoms with E-state index in [0.29, 0.717) is 32.3 Å². The van der Waals surface area contributed by atoms with Crippen LogP contribution in [-0.2, 0) is 14.3 Å². The molecule has 5 rings (SSSR count). The van der Waals surface area contributed by atoms with Crippen molar-refractivity contribution in [3.05, 3.63) is 24.4 Å². The Hall–Kier alpha value is -2.29. The highest BCUT2D eigenvalue weighted by Gasteiger charge is 2.41. The largest absolute Gasteiger partial charge is 0.474 e. The van der Waals surface area contributed by atoms with Crippen LogP contribution in [-0.4, -0.2) is 85.4 Å². The summed E-state index contributed by atoms with van der Waals surface area (Å²) in [5, 5.41) is 0.930. The summed E-state index contributed by atoms with van der Waals surface area (Å²) < 4.78 is 17.4. The summed E-state index contributed by atoms with van der Waals surface area (Å²) in [6, 6.07) is 5.96. The van der Waals surface area contributed by atoms with Crippen molar-refractivity contribution >= 4 is 23.0 Å². The molecule has 2 saturated heterocycles. The molecule has 0 amide bonds.